The maximum absolute atomic E-state index is 12.8. The molecule has 0 radical (unpaired) electrons. The minimum absolute atomic E-state index is 0.0577. The van der Waals surface area contributed by atoms with Gasteiger partial charge in [0.2, 0.25) is 0 Å². The topological polar surface area (TPSA) is 71.2 Å². The predicted octanol–water partition coefficient (Wildman–Crippen LogP) is 3.18. The molecule has 0 saturated carbocycles. The number of rotatable bonds is 8. The van der Waals surface area contributed by atoms with E-state index in [0.29, 0.717) is 30.9 Å². The summed E-state index contributed by atoms with van der Waals surface area (Å²) in [5.74, 6) is 1.44. The third kappa shape index (κ3) is 5.11. The average molecular weight is 387 g/mol. The van der Waals surface area contributed by atoms with Crippen LogP contribution in [0.1, 0.15) is 52.0 Å². The van der Waals surface area contributed by atoms with Crippen LogP contribution in [-0.2, 0) is 16.2 Å². The van der Waals surface area contributed by atoms with Gasteiger partial charge in [-0.1, -0.05) is 44.2 Å². The summed E-state index contributed by atoms with van der Waals surface area (Å²) in [6.45, 7) is 9.28. The van der Waals surface area contributed by atoms with Gasteiger partial charge in [-0.25, -0.2) is 4.99 Å². The van der Waals surface area contributed by atoms with E-state index in [0.717, 1.165) is 38.8 Å². The number of hydrogen-bond donors (Lipinski definition) is 1. The molecule has 1 unspecified atom stereocenters. The largest absolute Gasteiger partial charge is 0.369 e. The fraction of sp³-hybridized carbons (Fsp3) is 0.636. The minimum Gasteiger partial charge on any atom is -0.369 e. The highest BCUT2D eigenvalue weighted by atomic mass is 16.7. The van der Waals surface area contributed by atoms with E-state index in [4.69, 9.17) is 10.6 Å². The highest BCUT2D eigenvalue weighted by Crippen LogP contribution is 2.29. The molecule has 154 valence electrons. The van der Waals surface area contributed by atoms with Crippen LogP contribution in [0.15, 0.2) is 35.3 Å². The van der Waals surface area contributed by atoms with Gasteiger partial charge in [-0.2, -0.15) is 5.06 Å². The second-order valence-corrected chi connectivity index (χ2v) is 8.72. The molecule has 6 heteroatoms. The van der Waals surface area contributed by atoms with Crippen molar-refractivity contribution in [2.45, 2.75) is 58.6 Å². The van der Waals surface area contributed by atoms with Crippen LogP contribution < -0.4 is 5.73 Å². The smallest absolute Gasteiger partial charge is 0.257 e. The summed E-state index contributed by atoms with van der Waals surface area (Å²) in [7, 11) is 0. The second kappa shape index (κ2) is 9.05. The quantitative estimate of drug-likeness (QED) is 0.745. The Morgan fingerprint density at radius 2 is 1.93 bits per heavy atom. The summed E-state index contributed by atoms with van der Waals surface area (Å²) in [4.78, 5) is 24.9. The Hall–Kier alpha value is -1.92. The Balaban J connectivity index is 1.41. The molecule has 2 aliphatic heterocycles. The van der Waals surface area contributed by atoms with E-state index in [1.165, 1.54) is 5.56 Å². The molecular weight excluding hydrogens is 352 g/mol. The van der Waals surface area contributed by atoms with E-state index >= 15 is 0 Å². The molecule has 1 amide bonds. The number of benzene rings is 1. The standard InChI is InChI=1S/C22H34N4O2/c1-17(2)15-22(3)20(27)26(21(23)24-22)14-11-18-9-12-25(13-10-18)28-16-19-7-5-4-6-8-19/h4-8,17-18H,9-16H2,1-3H3,(H2,23,24). The Morgan fingerprint density at radius 3 is 2.57 bits per heavy atom. The van der Waals surface area contributed by atoms with Crippen molar-refractivity contribution >= 4 is 11.9 Å². The van der Waals surface area contributed by atoms with Crippen LogP contribution >= 0.6 is 0 Å². The normalized spacial score (nSPS) is 24.2. The number of piperidine rings is 1. The maximum Gasteiger partial charge on any atom is 0.257 e. The summed E-state index contributed by atoms with van der Waals surface area (Å²) >= 11 is 0. The lowest BCUT2D eigenvalue weighted by molar-refractivity contribution is -0.184. The summed E-state index contributed by atoms with van der Waals surface area (Å²) in [6, 6.07) is 10.2. The van der Waals surface area contributed by atoms with Gasteiger partial charge in [0.15, 0.2) is 5.96 Å². The minimum atomic E-state index is -0.688. The van der Waals surface area contributed by atoms with Crippen LogP contribution in [0.5, 0.6) is 0 Å². The number of hydroxylamine groups is 2. The molecular formula is C22H34N4O2. The zero-order valence-corrected chi connectivity index (χ0v) is 17.4. The monoisotopic (exact) mass is 386 g/mol. The van der Waals surface area contributed by atoms with Gasteiger partial charge in [0, 0.05) is 19.6 Å². The molecule has 1 aromatic carbocycles. The van der Waals surface area contributed by atoms with Crippen LogP contribution in [0, 0.1) is 11.8 Å². The lowest BCUT2D eigenvalue weighted by Gasteiger charge is -2.32. The highest BCUT2D eigenvalue weighted by molar-refractivity contribution is 6.06. The summed E-state index contributed by atoms with van der Waals surface area (Å²) in [6.07, 6.45) is 3.86. The molecule has 0 aromatic heterocycles. The lowest BCUT2D eigenvalue weighted by Crippen LogP contribution is -2.44. The van der Waals surface area contributed by atoms with Crippen LogP contribution in [-0.4, -0.2) is 47.0 Å². The average Bonchev–Trinajstić information content (AvgIpc) is 2.87. The molecule has 3 rings (SSSR count). The molecule has 1 aromatic rings. The Bertz CT molecular complexity index is 683. The van der Waals surface area contributed by atoms with Crippen molar-refractivity contribution in [1.82, 2.24) is 9.96 Å². The van der Waals surface area contributed by atoms with Gasteiger partial charge in [-0.15, -0.1) is 0 Å². The zero-order valence-electron chi connectivity index (χ0n) is 17.4. The number of carbonyl (C=O) groups is 1. The van der Waals surface area contributed by atoms with Gasteiger partial charge in [0.1, 0.15) is 5.54 Å². The van der Waals surface area contributed by atoms with Crippen molar-refractivity contribution in [2.24, 2.45) is 22.6 Å². The van der Waals surface area contributed by atoms with E-state index in [1.54, 1.807) is 4.90 Å². The van der Waals surface area contributed by atoms with E-state index in [1.807, 2.05) is 25.1 Å². The van der Waals surface area contributed by atoms with E-state index in [9.17, 15) is 4.79 Å². The van der Waals surface area contributed by atoms with E-state index in [2.05, 4.69) is 36.0 Å². The molecule has 2 N–H and O–H groups in total. The summed E-state index contributed by atoms with van der Waals surface area (Å²) < 4.78 is 0. The van der Waals surface area contributed by atoms with Crippen LogP contribution in [0.25, 0.3) is 0 Å². The Morgan fingerprint density at radius 1 is 1.25 bits per heavy atom. The first-order valence-corrected chi connectivity index (χ1v) is 10.5. The fourth-order valence-electron chi connectivity index (χ4n) is 4.28. The van der Waals surface area contributed by atoms with E-state index < -0.39 is 5.54 Å². The molecule has 2 aliphatic rings. The van der Waals surface area contributed by atoms with Gasteiger partial charge < -0.3 is 5.73 Å². The van der Waals surface area contributed by atoms with Crippen molar-refractivity contribution in [3.05, 3.63) is 35.9 Å². The number of guanidine groups is 1. The molecule has 6 nitrogen and oxygen atoms in total. The van der Waals surface area contributed by atoms with Gasteiger partial charge in [-0.05, 0) is 50.0 Å². The number of nitrogens with two attached hydrogens (primary N) is 1. The van der Waals surface area contributed by atoms with Gasteiger partial charge in [0.05, 0.1) is 6.61 Å². The second-order valence-electron chi connectivity index (χ2n) is 8.72. The maximum atomic E-state index is 12.8. The molecule has 1 saturated heterocycles. The summed E-state index contributed by atoms with van der Waals surface area (Å²) in [5, 5.41) is 2.07. The van der Waals surface area contributed by atoms with Gasteiger partial charge in [0.25, 0.3) is 5.91 Å². The van der Waals surface area contributed by atoms with Crippen molar-refractivity contribution in [1.29, 1.82) is 0 Å². The molecule has 0 spiro atoms. The number of carbonyl (C=O) groups excluding carboxylic acids is 1. The first-order valence-electron chi connectivity index (χ1n) is 10.5. The third-order valence-electron chi connectivity index (χ3n) is 5.74. The SMILES string of the molecule is CC(C)CC1(C)N=C(N)N(CCC2CCN(OCc3ccccc3)CC2)C1=O. The number of nitrogens with zero attached hydrogens (tertiary/aromatic N) is 3. The van der Waals surface area contributed by atoms with Gasteiger partial charge >= 0.3 is 0 Å². The van der Waals surface area contributed by atoms with Crippen molar-refractivity contribution < 1.29 is 9.63 Å². The molecule has 0 aliphatic carbocycles. The Kier molecular flexibility index (Phi) is 6.73. The molecule has 1 atom stereocenters. The molecule has 28 heavy (non-hydrogen) atoms. The first-order chi connectivity index (χ1) is 13.4. The lowest BCUT2D eigenvalue weighted by atomic mass is 9.90. The van der Waals surface area contributed by atoms with Crippen molar-refractivity contribution in [2.75, 3.05) is 19.6 Å². The van der Waals surface area contributed by atoms with Crippen LogP contribution in [0.4, 0.5) is 0 Å². The highest BCUT2D eigenvalue weighted by Gasteiger charge is 2.44. The molecule has 2 heterocycles. The first kappa shape index (κ1) is 20.8. The molecule has 1 fully saturated rings. The van der Waals surface area contributed by atoms with Crippen molar-refractivity contribution in [3.63, 3.8) is 0 Å². The van der Waals surface area contributed by atoms with Crippen LogP contribution in [0.2, 0.25) is 0 Å². The fourth-order valence-corrected chi connectivity index (χ4v) is 4.28. The van der Waals surface area contributed by atoms with Gasteiger partial charge in [-0.3, -0.25) is 14.5 Å². The number of hydrogen-bond acceptors (Lipinski definition) is 5. The number of aliphatic imine (C=N–C) groups is 1. The van der Waals surface area contributed by atoms with Crippen LogP contribution in [0.3, 0.4) is 0 Å². The predicted molar refractivity (Wildman–Crippen MR) is 111 cm³/mol. The number of amides is 1. The summed E-state index contributed by atoms with van der Waals surface area (Å²) in [5.41, 5.74) is 6.58. The van der Waals surface area contributed by atoms with Crippen molar-refractivity contribution in [3.8, 4) is 0 Å². The van der Waals surface area contributed by atoms with E-state index in [-0.39, 0.29) is 5.91 Å². The zero-order chi connectivity index (χ0) is 20.1. The third-order valence-corrected chi connectivity index (χ3v) is 5.74. The molecule has 0 bridgehead atoms. The Labute approximate surface area is 168 Å².